The molecule has 1 aliphatic rings. The van der Waals surface area contributed by atoms with E-state index in [1.54, 1.807) is 12.1 Å². The van der Waals surface area contributed by atoms with Gasteiger partial charge >= 0.3 is 0 Å². The van der Waals surface area contributed by atoms with Crippen molar-refractivity contribution in [3.8, 4) is 11.5 Å². The molecule has 0 unspecified atom stereocenters. The monoisotopic (exact) mass is 362 g/mol. The van der Waals surface area contributed by atoms with Crippen LogP contribution in [0.5, 0.6) is 11.5 Å². The molecule has 4 rings (SSSR count). The third-order valence-electron chi connectivity index (χ3n) is 4.02. The molecule has 7 heteroatoms. The number of nitrogens with one attached hydrogen (secondary N) is 2. The van der Waals surface area contributed by atoms with Crippen molar-refractivity contribution in [2.45, 2.75) is 13.3 Å². The van der Waals surface area contributed by atoms with Gasteiger partial charge in [-0.3, -0.25) is 4.79 Å². The van der Waals surface area contributed by atoms with E-state index < -0.39 is 0 Å². The maximum Gasteiger partial charge on any atom is 0.231 e. The van der Waals surface area contributed by atoms with Gasteiger partial charge < -0.3 is 20.1 Å². The highest BCUT2D eigenvalue weighted by Gasteiger charge is 2.13. The van der Waals surface area contributed by atoms with Crippen molar-refractivity contribution in [3.63, 3.8) is 0 Å². The first kappa shape index (κ1) is 16.8. The molecule has 1 aromatic heterocycles. The normalized spacial score (nSPS) is 11.9. The van der Waals surface area contributed by atoms with Crippen molar-refractivity contribution in [3.05, 3.63) is 65.7 Å². The summed E-state index contributed by atoms with van der Waals surface area (Å²) in [6.45, 7) is 2.23. The van der Waals surface area contributed by atoms with Crippen LogP contribution in [0.25, 0.3) is 0 Å². The SMILES string of the molecule is Cc1cccc(CC(=O)Nc2ccc(Nc3ccc4c(c3)OCO4)nn2)c1. The fourth-order valence-corrected chi connectivity index (χ4v) is 2.78. The Morgan fingerprint density at radius 3 is 2.63 bits per heavy atom. The zero-order valence-corrected chi connectivity index (χ0v) is 14.7. The number of ether oxygens (including phenoxy) is 2. The van der Waals surface area contributed by atoms with Crippen molar-refractivity contribution in [1.29, 1.82) is 0 Å². The molecule has 1 aliphatic heterocycles. The number of nitrogens with zero attached hydrogens (tertiary/aromatic N) is 2. The molecule has 136 valence electrons. The summed E-state index contributed by atoms with van der Waals surface area (Å²) in [5.41, 5.74) is 2.89. The van der Waals surface area contributed by atoms with Crippen LogP contribution < -0.4 is 20.1 Å². The lowest BCUT2D eigenvalue weighted by Gasteiger charge is -2.08. The minimum Gasteiger partial charge on any atom is -0.454 e. The van der Waals surface area contributed by atoms with E-state index in [9.17, 15) is 4.79 Å². The van der Waals surface area contributed by atoms with E-state index in [0.29, 0.717) is 23.8 Å². The third-order valence-corrected chi connectivity index (χ3v) is 4.02. The van der Waals surface area contributed by atoms with Crippen LogP contribution >= 0.6 is 0 Å². The molecule has 27 heavy (non-hydrogen) atoms. The molecule has 1 amide bonds. The molecular weight excluding hydrogens is 344 g/mol. The Labute approximate surface area is 156 Å². The number of carbonyl (C=O) groups is 1. The molecule has 0 radical (unpaired) electrons. The average molecular weight is 362 g/mol. The van der Waals surface area contributed by atoms with Crippen molar-refractivity contribution in [1.82, 2.24) is 10.2 Å². The first-order valence-electron chi connectivity index (χ1n) is 8.51. The molecule has 0 spiro atoms. The molecule has 7 nitrogen and oxygen atoms in total. The van der Waals surface area contributed by atoms with Crippen molar-refractivity contribution < 1.29 is 14.3 Å². The van der Waals surface area contributed by atoms with Gasteiger partial charge in [-0.1, -0.05) is 29.8 Å². The van der Waals surface area contributed by atoms with E-state index in [4.69, 9.17) is 9.47 Å². The van der Waals surface area contributed by atoms with Gasteiger partial charge in [0.15, 0.2) is 23.1 Å². The van der Waals surface area contributed by atoms with E-state index in [1.165, 1.54) is 0 Å². The quantitative estimate of drug-likeness (QED) is 0.723. The van der Waals surface area contributed by atoms with Gasteiger partial charge in [-0.15, -0.1) is 10.2 Å². The maximum absolute atomic E-state index is 12.2. The Morgan fingerprint density at radius 2 is 1.81 bits per heavy atom. The first-order valence-corrected chi connectivity index (χ1v) is 8.51. The van der Waals surface area contributed by atoms with Gasteiger partial charge in [0, 0.05) is 11.8 Å². The Kier molecular flexibility index (Phi) is 4.57. The van der Waals surface area contributed by atoms with E-state index in [2.05, 4.69) is 20.8 Å². The number of aromatic nitrogens is 2. The van der Waals surface area contributed by atoms with Gasteiger partial charge in [-0.05, 0) is 36.8 Å². The summed E-state index contributed by atoms with van der Waals surface area (Å²) in [5, 5.41) is 14.0. The smallest absolute Gasteiger partial charge is 0.231 e. The van der Waals surface area contributed by atoms with Crippen LogP contribution in [0, 0.1) is 6.92 Å². The van der Waals surface area contributed by atoms with Crippen LogP contribution in [0.3, 0.4) is 0 Å². The Hall–Kier alpha value is -3.61. The standard InChI is InChI=1S/C20H18N4O3/c1-13-3-2-4-14(9-13)10-20(25)22-19-8-7-18(23-24-19)21-15-5-6-16-17(11-15)27-12-26-16/h2-9,11H,10,12H2,1H3,(H,21,23)(H,22,24,25). The second-order valence-electron chi connectivity index (χ2n) is 6.21. The van der Waals surface area contributed by atoms with Crippen LogP contribution in [0.1, 0.15) is 11.1 Å². The van der Waals surface area contributed by atoms with Crippen molar-refractivity contribution in [2.24, 2.45) is 0 Å². The fourth-order valence-electron chi connectivity index (χ4n) is 2.78. The molecule has 0 saturated carbocycles. The molecule has 0 aliphatic carbocycles. The molecule has 0 fully saturated rings. The van der Waals surface area contributed by atoms with Crippen LogP contribution in [0.4, 0.5) is 17.3 Å². The number of hydrogen-bond acceptors (Lipinski definition) is 6. The number of hydrogen-bond donors (Lipinski definition) is 2. The van der Waals surface area contributed by atoms with Crippen molar-refractivity contribution in [2.75, 3.05) is 17.4 Å². The van der Waals surface area contributed by atoms with Crippen LogP contribution in [-0.2, 0) is 11.2 Å². The summed E-state index contributed by atoms with van der Waals surface area (Å²) in [6, 6.07) is 16.8. The molecule has 0 saturated heterocycles. The highest BCUT2D eigenvalue weighted by atomic mass is 16.7. The van der Waals surface area contributed by atoms with E-state index >= 15 is 0 Å². The molecule has 0 bridgehead atoms. The van der Waals surface area contributed by atoms with Gasteiger partial charge in [-0.2, -0.15) is 0 Å². The number of benzene rings is 2. The maximum atomic E-state index is 12.2. The lowest BCUT2D eigenvalue weighted by molar-refractivity contribution is -0.115. The molecule has 2 heterocycles. The minimum atomic E-state index is -0.133. The zero-order valence-electron chi connectivity index (χ0n) is 14.7. The minimum absolute atomic E-state index is 0.133. The summed E-state index contributed by atoms with van der Waals surface area (Å²) in [4.78, 5) is 12.2. The number of amides is 1. The highest BCUT2D eigenvalue weighted by molar-refractivity contribution is 5.91. The number of carbonyl (C=O) groups excluding carboxylic acids is 1. The molecule has 3 aromatic rings. The number of aryl methyl sites for hydroxylation is 1. The fraction of sp³-hybridized carbons (Fsp3) is 0.150. The summed E-state index contributed by atoms with van der Waals surface area (Å²) < 4.78 is 10.6. The van der Waals surface area contributed by atoms with Crippen LogP contribution in [0.15, 0.2) is 54.6 Å². The Balaban J connectivity index is 1.36. The lowest BCUT2D eigenvalue weighted by Crippen LogP contribution is -2.15. The van der Waals surface area contributed by atoms with Gasteiger partial charge in [-0.25, -0.2) is 0 Å². The van der Waals surface area contributed by atoms with Gasteiger partial charge in [0.25, 0.3) is 0 Å². The summed E-state index contributed by atoms with van der Waals surface area (Å²) >= 11 is 0. The van der Waals surface area contributed by atoms with Gasteiger partial charge in [0.2, 0.25) is 12.7 Å². The number of rotatable bonds is 5. The van der Waals surface area contributed by atoms with Crippen LogP contribution in [0.2, 0.25) is 0 Å². The second-order valence-corrected chi connectivity index (χ2v) is 6.21. The van der Waals surface area contributed by atoms with Gasteiger partial charge in [0.1, 0.15) is 0 Å². The molecule has 0 atom stereocenters. The molecular formula is C20H18N4O3. The average Bonchev–Trinajstić information content (AvgIpc) is 3.11. The Bertz CT molecular complexity index is 973. The van der Waals surface area contributed by atoms with E-state index in [-0.39, 0.29) is 12.7 Å². The highest BCUT2D eigenvalue weighted by Crippen LogP contribution is 2.34. The Morgan fingerprint density at radius 1 is 1.00 bits per heavy atom. The topological polar surface area (TPSA) is 85.4 Å². The predicted molar refractivity (Wildman–Crippen MR) is 101 cm³/mol. The molecule has 2 N–H and O–H groups in total. The van der Waals surface area contributed by atoms with E-state index in [1.807, 2.05) is 49.4 Å². The number of anilines is 3. The first-order chi connectivity index (χ1) is 13.2. The van der Waals surface area contributed by atoms with Gasteiger partial charge in [0.05, 0.1) is 6.42 Å². The number of fused-ring (bicyclic) bond motifs is 1. The van der Waals surface area contributed by atoms with Crippen molar-refractivity contribution >= 4 is 23.2 Å². The second kappa shape index (κ2) is 7.33. The summed E-state index contributed by atoms with van der Waals surface area (Å²) in [7, 11) is 0. The van der Waals surface area contributed by atoms with E-state index in [0.717, 1.165) is 22.6 Å². The summed E-state index contributed by atoms with van der Waals surface area (Å²) in [6.07, 6.45) is 0.292. The zero-order chi connectivity index (χ0) is 18.6. The predicted octanol–water partition coefficient (Wildman–Crippen LogP) is 3.44. The van der Waals surface area contributed by atoms with Crippen LogP contribution in [-0.4, -0.2) is 22.9 Å². The lowest BCUT2D eigenvalue weighted by atomic mass is 10.1. The third kappa shape index (κ3) is 4.14. The molecule has 2 aromatic carbocycles. The summed E-state index contributed by atoms with van der Waals surface area (Å²) in [5.74, 6) is 2.24. The largest absolute Gasteiger partial charge is 0.454 e.